The minimum atomic E-state index is -4.86. The summed E-state index contributed by atoms with van der Waals surface area (Å²) >= 11 is 0. The van der Waals surface area contributed by atoms with Crippen molar-refractivity contribution in [1.82, 2.24) is 4.90 Å². The maximum absolute atomic E-state index is 15.3. The molecule has 0 radical (unpaired) electrons. The van der Waals surface area contributed by atoms with Crippen molar-refractivity contribution in [2.75, 3.05) is 26.3 Å². The summed E-state index contributed by atoms with van der Waals surface area (Å²) in [4.78, 5) is 1.93. The predicted octanol–water partition coefficient (Wildman–Crippen LogP) is 2.61. The van der Waals surface area contributed by atoms with Gasteiger partial charge in [-0.3, -0.25) is 4.90 Å². The zero-order chi connectivity index (χ0) is 17.4. The number of hydrogen-bond donors (Lipinski definition) is 1. The Bertz CT molecular complexity index is 573. The van der Waals surface area contributed by atoms with E-state index in [1.165, 1.54) is 18.2 Å². The summed E-state index contributed by atoms with van der Waals surface area (Å²) in [7, 11) is 0. The first-order valence-corrected chi connectivity index (χ1v) is 7.82. The molecule has 2 fully saturated rings. The Balaban J connectivity index is 1.74. The second-order valence-corrected chi connectivity index (χ2v) is 6.22. The van der Waals surface area contributed by atoms with E-state index in [2.05, 4.69) is 4.74 Å². The highest BCUT2D eigenvalue weighted by Crippen LogP contribution is 2.43. The van der Waals surface area contributed by atoms with Crippen molar-refractivity contribution < 1.29 is 32.1 Å². The van der Waals surface area contributed by atoms with Gasteiger partial charge in [-0.25, -0.2) is 4.39 Å². The lowest BCUT2D eigenvalue weighted by Gasteiger charge is -2.40. The first-order chi connectivity index (χ1) is 11.3. The van der Waals surface area contributed by atoms with Crippen molar-refractivity contribution >= 4 is 0 Å². The molecule has 8 heteroatoms. The van der Waals surface area contributed by atoms with Gasteiger partial charge in [0.1, 0.15) is 11.4 Å². The van der Waals surface area contributed by atoms with E-state index in [1.54, 1.807) is 0 Å². The first kappa shape index (κ1) is 17.4. The van der Waals surface area contributed by atoms with Crippen LogP contribution in [0.25, 0.3) is 0 Å². The van der Waals surface area contributed by atoms with Crippen LogP contribution in [0.15, 0.2) is 24.3 Å². The van der Waals surface area contributed by atoms with Crippen molar-refractivity contribution in [2.45, 2.75) is 37.0 Å². The molecule has 2 atom stereocenters. The quantitative estimate of drug-likeness (QED) is 0.852. The smallest absolute Gasteiger partial charge is 0.405 e. The molecule has 134 valence electrons. The molecule has 0 saturated carbocycles. The Hall–Kier alpha value is -1.38. The third kappa shape index (κ3) is 3.65. The van der Waals surface area contributed by atoms with Crippen LogP contribution in [-0.2, 0) is 10.4 Å². The van der Waals surface area contributed by atoms with Gasteiger partial charge in [-0.05, 0) is 18.9 Å². The summed E-state index contributed by atoms with van der Waals surface area (Å²) < 4.78 is 62.1. The van der Waals surface area contributed by atoms with Crippen LogP contribution < -0.4 is 4.74 Å². The van der Waals surface area contributed by atoms with E-state index < -0.39 is 23.9 Å². The number of aliphatic hydroxyl groups excluding tert-OH is 1. The molecule has 2 heterocycles. The molecule has 0 unspecified atom stereocenters. The molecule has 0 spiro atoms. The fraction of sp³-hybridized carbons (Fsp3) is 0.625. The maximum Gasteiger partial charge on any atom is 0.573 e. The first-order valence-electron chi connectivity index (χ1n) is 7.82. The zero-order valence-electron chi connectivity index (χ0n) is 12.9. The lowest BCUT2D eigenvalue weighted by molar-refractivity contribution is -0.275. The van der Waals surface area contributed by atoms with E-state index in [4.69, 9.17) is 4.74 Å². The number of benzene rings is 1. The number of hydrogen-bond acceptors (Lipinski definition) is 4. The van der Waals surface area contributed by atoms with Gasteiger partial charge < -0.3 is 14.6 Å². The highest BCUT2D eigenvalue weighted by Gasteiger charge is 2.43. The molecule has 1 aromatic carbocycles. The molecular weight excluding hydrogens is 330 g/mol. The van der Waals surface area contributed by atoms with Crippen molar-refractivity contribution in [2.24, 2.45) is 0 Å². The van der Waals surface area contributed by atoms with Gasteiger partial charge in [-0.2, -0.15) is 0 Å². The van der Waals surface area contributed by atoms with E-state index in [0.29, 0.717) is 19.7 Å². The highest BCUT2D eigenvalue weighted by atomic mass is 19.4. The summed E-state index contributed by atoms with van der Waals surface area (Å²) in [5.41, 5.74) is -1.96. The number of ether oxygens (including phenoxy) is 2. The minimum absolute atomic E-state index is 0.0362. The van der Waals surface area contributed by atoms with Gasteiger partial charge in [0.2, 0.25) is 0 Å². The Morgan fingerprint density at radius 3 is 2.42 bits per heavy atom. The summed E-state index contributed by atoms with van der Waals surface area (Å²) in [6.45, 7) is 1.31. The van der Waals surface area contributed by atoms with Crippen LogP contribution in [0.2, 0.25) is 0 Å². The predicted molar refractivity (Wildman–Crippen MR) is 77.3 cm³/mol. The number of piperidine rings is 1. The van der Waals surface area contributed by atoms with Crippen LogP contribution in [0.3, 0.4) is 0 Å². The number of nitrogens with zero attached hydrogens (tertiary/aromatic N) is 1. The Labute approximate surface area is 137 Å². The molecule has 2 aliphatic heterocycles. The van der Waals surface area contributed by atoms with Gasteiger partial charge in [0.05, 0.1) is 25.4 Å². The average Bonchev–Trinajstić information content (AvgIpc) is 2.93. The van der Waals surface area contributed by atoms with Crippen molar-refractivity contribution in [3.05, 3.63) is 29.8 Å². The number of para-hydroxylation sites is 1. The SMILES string of the molecule is O[C@@H]1COC[C@H]1N1CCC(F)(c2ccccc2OC(F)(F)F)CC1. The van der Waals surface area contributed by atoms with E-state index in [0.717, 1.165) is 6.07 Å². The molecule has 0 aliphatic carbocycles. The molecule has 0 aromatic heterocycles. The van der Waals surface area contributed by atoms with Gasteiger partial charge in [0, 0.05) is 18.7 Å². The molecule has 0 amide bonds. The zero-order valence-corrected chi connectivity index (χ0v) is 12.9. The van der Waals surface area contributed by atoms with Crippen LogP contribution in [0.1, 0.15) is 18.4 Å². The summed E-state index contributed by atoms with van der Waals surface area (Å²) in [5, 5.41) is 9.85. The van der Waals surface area contributed by atoms with Gasteiger partial charge >= 0.3 is 6.36 Å². The third-order valence-electron chi connectivity index (χ3n) is 4.68. The number of likely N-dealkylation sites (tertiary alicyclic amines) is 1. The lowest BCUT2D eigenvalue weighted by Crippen LogP contribution is -2.49. The summed E-state index contributed by atoms with van der Waals surface area (Å²) in [5.74, 6) is -0.495. The van der Waals surface area contributed by atoms with Gasteiger partial charge in [-0.1, -0.05) is 18.2 Å². The molecule has 3 rings (SSSR count). The second kappa shape index (κ2) is 6.50. The maximum atomic E-state index is 15.3. The number of rotatable bonds is 3. The number of aliphatic hydroxyl groups is 1. The summed E-state index contributed by atoms with van der Waals surface area (Å²) in [6, 6.07) is 5.17. The molecule has 0 bridgehead atoms. The van der Waals surface area contributed by atoms with E-state index in [9.17, 15) is 18.3 Å². The topological polar surface area (TPSA) is 41.9 Å². The molecule has 1 aromatic rings. The monoisotopic (exact) mass is 349 g/mol. The van der Waals surface area contributed by atoms with Gasteiger partial charge in [-0.15, -0.1) is 13.2 Å². The van der Waals surface area contributed by atoms with Crippen LogP contribution in [0.4, 0.5) is 17.6 Å². The van der Waals surface area contributed by atoms with Crippen LogP contribution in [-0.4, -0.2) is 54.8 Å². The lowest BCUT2D eigenvalue weighted by atomic mass is 9.85. The number of halogens is 4. The Kier molecular flexibility index (Phi) is 4.72. The Morgan fingerprint density at radius 1 is 1.17 bits per heavy atom. The fourth-order valence-electron chi connectivity index (χ4n) is 3.41. The fourth-order valence-corrected chi connectivity index (χ4v) is 3.41. The van der Waals surface area contributed by atoms with Crippen molar-refractivity contribution in [1.29, 1.82) is 0 Å². The Morgan fingerprint density at radius 2 is 1.83 bits per heavy atom. The van der Waals surface area contributed by atoms with Crippen LogP contribution >= 0.6 is 0 Å². The molecule has 4 nitrogen and oxygen atoms in total. The van der Waals surface area contributed by atoms with Crippen molar-refractivity contribution in [3.8, 4) is 5.75 Å². The second-order valence-electron chi connectivity index (χ2n) is 6.22. The van der Waals surface area contributed by atoms with Gasteiger partial charge in [0.15, 0.2) is 0 Å². The van der Waals surface area contributed by atoms with Crippen LogP contribution in [0, 0.1) is 0 Å². The third-order valence-corrected chi connectivity index (χ3v) is 4.68. The minimum Gasteiger partial charge on any atom is -0.405 e. The molecule has 1 N–H and O–H groups in total. The van der Waals surface area contributed by atoms with E-state index >= 15 is 4.39 Å². The standard InChI is InChI=1S/C16H19F4NO3/c17-15(11-3-1-2-4-14(11)24-16(18,19)20)5-7-21(8-6-15)12-9-23-10-13(12)22/h1-4,12-13,22H,5-10H2/t12-,13-/m1/s1. The largest absolute Gasteiger partial charge is 0.573 e. The molecule has 2 saturated heterocycles. The van der Waals surface area contributed by atoms with E-state index in [-0.39, 0.29) is 31.1 Å². The average molecular weight is 349 g/mol. The van der Waals surface area contributed by atoms with E-state index in [1.807, 2.05) is 4.90 Å². The van der Waals surface area contributed by atoms with Gasteiger partial charge in [0.25, 0.3) is 0 Å². The van der Waals surface area contributed by atoms with Crippen LogP contribution in [0.5, 0.6) is 5.75 Å². The normalized spacial score (nSPS) is 28.0. The van der Waals surface area contributed by atoms with Crippen molar-refractivity contribution in [3.63, 3.8) is 0 Å². The molecule has 24 heavy (non-hydrogen) atoms. The molecular formula is C16H19F4NO3. The summed E-state index contributed by atoms with van der Waals surface area (Å²) in [6.07, 6.45) is -5.40. The molecule has 2 aliphatic rings. The number of alkyl halides is 4. The highest BCUT2D eigenvalue weighted by molar-refractivity contribution is 5.38.